The number of aliphatic imine (C=N–C) groups is 1. The Hall–Kier alpha value is -2.05. The third-order valence-electron chi connectivity index (χ3n) is 3.48. The molecule has 3 N–H and O–H groups in total. The van der Waals surface area contributed by atoms with Crippen LogP contribution in [0.5, 0.6) is 0 Å². The van der Waals surface area contributed by atoms with E-state index in [-0.39, 0.29) is 6.42 Å². The number of nitrogens with zero attached hydrogens (tertiary/aromatic N) is 1. The Balaban J connectivity index is 2.11. The standard InChI is InChI=1S/C18H22N2O3S/c1-3-4-5-6-9-19-18-12(2)20-14-10-13(7-8-16(14)24-18)15(21)11-17(22)23/h5-10,15,20-21H,3-4,11H2,1-2H3,(H,22,23)/b6-5+,19-9-. The lowest BCUT2D eigenvalue weighted by atomic mass is 10.1. The average Bonchev–Trinajstić information content (AvgIpc) is 2.53. The normalized spacial score (nSPS) is 15.6. The van der Waals surface area contributed by atoms with E-state index in [9.17, 15) is 9.90 Å². The zero-order chi connectivity index (χ0) is 17.5. The summed E-state index contributed by atoms with van der Waals surface area (Å²) in [6.45, 7) is 4.08. The molecule has 0 amide bonds. The van der Waals surface area contributed by atoms with E-state index in [0.29, 0.717) is 5.56 Å². The predicted molar refractivity (Wildman–Crippen MR) is 98.4 cm³/mol. The van der Waals surface area contributed by atoms with Gasteiger partial charge in [0.1, 0.15) is 5.03 Å². The van der Waals surface area contributed by atoms with Crippen LogP contribution in [-0.2, 0) is 4.79 Å². The monoisotopic (exact) mass is 346 g/mol. The topological polar surface area (TPSA) is 81.9 Å². The molecule has 1 aliphatic rings. The highest BCUT2D eigenvalue weighted by atomic mass is 32.2. The molecule has 0 spiro atoms. The minimum Gasteiger partial charge on any atom is -0.481 e. The number of unbranched alkanes of at least 4 members (excludes halogenated alkanes) is 1. The smallest absolute Gasteiger partial charge is 0.306 e. The van der Waals surface area contributed by atoms with Crippen molar-refractivity contribution in [2.45, 2.75) is 44.1 Å². The molecular weight excluding hydrogens is 324 g/mol. The van der Waals surface area contributed by atoms with Gasteiger partial charge in [-0.3, -0.25) is 4.79 Å². The SMILES string of the molecule is CCC/C=C/C=N\C1=C(C)Nc2cc(C(O)CC(=O)O)ccc2S1. The summed E-state index contributed by atoms with van der Waals surface area (Å²) in [4.78, 5) is 16.2. The summed E-state index contributed by atoms with van der Waals surface area (Å²) in [5.41, 5.74) is 2.38. The van der Waals surface area contributed by atoms with E-state index in [4.69, 9.17) is 5.11 Å². The molecule has 1 aliphatic heterocycles. The minimum absolute atomic E-state index is 0.305. The first kappa shape index (κ1) is 18.3. The van der Waals surface area contributed by atoms with Crippen LogP contribution in [0.25, 0.3) is 0 Å². The zero-order valence-electron chi connectivity index (χ0n) is 13.8. The molecule has 1 heterocycles. The number of fused-ring (bicyclic) bond motifs is 1. The quantitative estimate of drug-likeness (QED) is 0.640. The number of carboxylic acids is 1. The van der Waals surface area contributed by atoms with Crippen LogP contribution >= 0.6 is 11.8 Å². The van der Waals surface area contributed by atoms with Gasteiger partial charge in [0.2, 0.25) is 0 Å². The van der Waals surface area contributed by atoms with Gasteiger partial charge in [0.25, 0.3) is 0 Å². The Bertz CT molecular complexity index is 696. The highest BCUT2D eigenvalue weighted by Gasteiger charge is 2.18. The third-order valence-corrected chi connectivity index (χ3v) is 4.66. The summed E-state index contributed by atoms with van der Waals surface area (Å²) in [5.74, 6) is -1.02. The number of benzene rings is 1. The molecule has 2 rings (SSSR count). The molecule has 128 valence electrons. The van der Waals surface area contributed by atoms with E-state index < -0.39 is 12.1 Å². The first-order valence-corrected chi connectivity index (χ1v) is 8.71. The second kappa shape index (κ2) is 8.70. The van der Waals surface area contributed by atoms with Crippen molar-refractivity contribution in [3.63, 3.8) is 0 Å². The number of nitrogens with one attached hydrogen (secondary N) is 1. The van der Waals surface area contributed by atoms with Gasteiger partial charge in [-0.25, -0.2) is 4.99 Å². The zero-order valence-corrected chi connectivity index (χ0v) is 14.6. The molecule has 24 heavy (non-hydrogen) atoms. The molecule has 6 heteroatoms. The maximum Gasteiger partial charge on any atom is 0.306 e. The molecule has 0 fully saturated rings. The Morgan fingerprint density at radius 2 is 2.25 bits per heavy atom. The number of carbonyl (C=O) groups is 1. The van der Waals surface area contributed by atoms with Crippen LogP contribution in [0.3, 0.4) is 0 Å². The second-order valence-electron chi connectivity index (χ2n) is 5.52. The third kappa shape index (κ3) is 4.97. The van der Waals surface area contributed by atoms with Gasteiger partial charge >= 0.3 is 5.97 Å². The van der Waals surface area contributed by atoms with Gasteiger partial charge in [0.15, 0.2) is 0 Å². The van der Waals surface area contributed by atoms with Crippen molar-refractivity contribution in [3.05, 3.63) is 46.6 Å². The summed E-state index contributed by atoms with van der Waals surface area (Å²) in [6.07, 6.45) is 6.67. The fourth-order valence-corrected chi connectivity index (χ4v) is 3.10. The highest BCUT2D eigenvalue weighted by Crippen LogP contribution is 2.41. The Kier molecular flexibility index (Phi) is 6.63. The number of aliphatic hydroxyl groups is 1. The Labute approximate surface area is 146 Å². The van der Waals surface area contributed by atoms with Crippen LogP contribution in [0.15, 0.2) is 51.0 Å². The van der Waals surface area contributed by atoms with E-state index in [1.807, 2.05) is 19.1 Å². The largest absolute Gasteiger partial charge is 0.481 e. The number of allylic oxidation sites excluding steroid dienone is 3. The van der Waals surface area contributed by atoms with Crippen molar-refractivity contribution in [1.29, 1.82) is 0 Å². The van der Waals surface area contributed by atoms with Gasteiger partial charge < -0.3 is 15.5 Å². The first-order chi connectivity index (χ1) is 11.5. The van der Waals surface area contributed by atoms with E-state index in [0.717, 1.165) is 34.2 Å². The fraction of sp³-hybridized carbons (Fsp3) is 0.333. The molecule has 0 radical (unpaired) electrons. The summed E-state index contributed by atoms with van der Waals surface area (Å²) >= 11 is 1.55. The lowest BCUT2D eigenvalue weighted by Crippen LogP contribution is -2.08. The van der Waals surface area contributed by atoms with Gasteiger partial charge in [-0.1, -0.05) is 37.2 Å². The average molecular weight is 346 g/mol. The maximum absolute atomic E-state index is 10.7. The number of thioether (sulfide) groups is 1. The summed E-state index contributed by atoms with van der Waals surface area (Å²) < 4.78 is 0. The van der Waals surface area contributed by atoms with Gasteiger partial charge in [-0.05, 0) is 37.1 Å². The van der Waals surface area contributed by atoms with Gasteiger partial charge in [0.05, 0.1) is 18.2 Å². The van der Waals surface area contributed by atoms with E-state index in [1.54, 1.807) is 30.1 Å². The van der Waals surface area contributed by atoms with Crippen molar-refractivity contribution in [3.8, 4) is 0 Å². The molecule has 0 saturated heterocycles. The predicted octanol–water partition coefficient (Wildman–Crippen LogP) is 4.33. The Morgan fingerprint density at radius 3 is 2.96 bits per heavy atom. The van der Waals surface area contributed by atoms with Gasteiger partial charge in [0, 0.05) is 16.8 Å². The molecule has 1 atom stereocenters. The second-order valence-corrected chi connectivity index (χ2v) is 6.55. The highest BCUT2D eigenvalue weighted by molar-refractivity contribution is 8.03. The number of aliphatic hydroxyl groups excluding tert-OH is 1. The summed E-state index contributed by atoms with van der Waals surface area (Å²) in [6, 6.07) is 5.42. The van der Waals surface area contributed by atoms with Crippen LogP contribution in [-0.4, -0.2) is 22.4 Å². The number of rotatable bonds is 7. The van der Waals surface area contributed by atoms with Crippen LogP contribution in [0.4, 0.5) is 5.69 Å². The minimum atomic E-state index is -1.02. The molecule has 1 unspecified atom stereocenters. The molecule has 1 aromatic rings. The maximum atomic E-state index is 10.7. The molecular formula is C18H22N2O3S. The molecule has 0 bridgehead atoms. The lowest BCUT2D eigenvalue weighted by Gasteiger charge is -2.21. The first-order valence-electron chi connectivity index (χ1n) is 7.90. The van der Waals surface area contributed by atoms with Crippen LogP contribution < -0.4 is 5.32 Å². The van der Waals surface area contributed by atoms with Crippen molar-refractivity contribution >= 4 is 29.6 Å². The Morgan fingerprint density at radius 1 is 1.46 bits per heavy atom. The number of hydrogen-bond donors (Lipinski definition) is 3. The van der Waals surface area contributed by atoms with Crippen LogP contribution in [0.1, 0.15) is 44.8 Å². The van der Waals surface area contributed by atoms with E-state index >= 15 is 0 Å². The van der Waals surface area contributed by atoms with E-state index in [1.165, 1.54) is 0 Å². The molecule has 0 aromatic heterocycles. The van der Waals surface area contributed by atoms with Gasteiger partial charge in [-0.2, -0.15) is 0 Å². The van der Waals surface area contributed by atoms with Crippen LogP contribution in [0, 0.1) is 0 Å². The number of anilines is 1. The molecule has 5 nitrogen and oxygen atoms in total. The fourth-order valence-electron chi connectivity index (χ4n) is 2.22. The number of aliphatic carboxylic acids is 1. The van der Waals surface area contributed by atoms with Crippen molar-refractivity contribution in [1.82, 2.24) is 0 Å². The van der Waals surface area contributed by atoms with Crippen molar-refractivity contribution < 1.29 is 15.0 Å². The number of hydrogen-bond acceptors (Lipinski definition) is 5. The molecule has 0 saturated carbocycles. The lowest BCUT2D eigenvalue weighted by molar-refractivity contribution is -0.139. The van der Waals surface area contributed by atoms with Gasteiger partial charge in [-0.15, -0.1) is 0 Å². The summed E-state index contributed by atoms with van der Waals surface area (Å²) in [5, 5.41) is 22.9. The molecule has 1 aromatic carbocycles. The van der Waals surface area contributed by atoms with Crippen molar-refractivity contribution in [2.24, 2.45) is 4.99 Å². The molecule has 0 aliphatic carbocycles. The van der Waals surface area contributed by atoms with Crippen molar-refractivity contribution in [2.75, 3.05) is 5.32 Å². The summed E-state index contributed by atoms with van der Waals surface area (Å²) in [7, 11) is 0. The van der Waals surface area contributed by atoms with Crippen LogP contribution in [0.2, 0.25) is 0 Å². The van der Waals surface area contributed by atoms with E-state index in [2.05, 4.69) is 23.3 Å². The number of carboxylic acid groups (broad SMARTS) is 1.